The van der Waals surface area contributed by atoms with Crippen LogP contribution in [0, 0.1) is 0 Å². The van der Waals surface area contributed by atoms with E-state index in [-0.39, 0.29) is 0 Å². The highest BCUT2D eigenvalue weighted by Gasteiger charge is 2.14. The monoisotopic (exact) mass is 294 g/mol. The van der Waals surface area contributed by atoms with Crippen molar-refractivity contribution in [2.24, 2.45) is 0 Å². The number of hydrogen-bond acceptors (Lipinski definition) is 5. The Labute approximate surface area is 127 Å². The zero-order chi connectivity index (χ0) is 15.1. The van der Waals surface area contributed by atoms with Crippen molar-refractivity contribution in [3.8, 4) is 11.5 Å². The van der Waals surface area contributed by atoms with Gasteiger partial charge in [-0.05, 0) is 29.7 Å². The van der Waals surface area contributed by atoms with Gasteiger partial charge in [0, 0.05) is 39.8 Å². The van der Waals surface area contributed by atoms with Crippen molar-refractivity contribution in [3.63, 3.8) is 0 Å². The molecule has 0 bridgehead atoms. The van der Waals surface area contributed by atoms with Gasteiger partial charge in [0.25, 0.3) is 0 Å². The predicted octanol–water partition coefficient (Wildman–Crippen LogP) is 1.30. The second kappa shape index (κ2) is 8.22. The van der Waals surface area contributed by atoms with E-state index in [2.05, 4.69) is 16.3 Å². The lowest BCUT2D eigenvalue weighted by Crippen LogP contribution is -2.44. The van der Waals surface area contributed by atoms with Crippen molar-refractivity contribution in [3.05, 3.63) is 23.3 Å². The highest BCUT2D eigenvalue weighted by atomic mass is 16.5. The minimum atomic E-state index is 0.594. The number of nitrogens with one attached hydrogen (secondary N) is 1. The molecule has 1 N–H and O–H groups in total. The molecular weight excluding hydrogens is 268 g/mol. The SMILES string of the molecule is COCc1cc(OC)c(OC)cc1CCN1CCNCC1. The van der Waals surface area contributed by atoms with Crippen LogP contribution in [-0.4, -0.2) is 59.0 Å². The molecule has 21 heavy (non-hydrogen) atoms. The second-order valence-electron chi connectivity index (χ2n) is 5.25. The average molecular weight is 294 g/mol. The lowest BCUT2D eigenvalue weighted by atomic mass is 10.0. The first kappa shape index (κ1) is 16.1. The van der Waals surface area contributed by atoms with Gasteiger partial charge in [-0.15, -0.1) is 0 Å². The molecule has 0 amide bonds. The van der Waals surface area contributed by atoms with Crippen LogP contribution in [-0.2, 0) is 17.8 Å². The molecule has 0 saturated carbocycles. The van der Waals surface area contributed by atoms with Gasteiger partial charge in [-0.25, -0.2) is 0 Å². The van der Waals surface area contributed by atoms with Crippen LogP contribution in [0.25, 0.3) is 0 Å². The van der Waals surface area contributed by atoms with Crippen molar-refractivity contribution < 1.29 is 14.2 Å². The third-order valence-electron chi connectivity index (χ3n) is 3.91. The van der Waals surface area contributed by atoms with E-state index in [0.717, 1.165) is 50.6 Å². The average Bonchev–Trinajstić information content (AvgIpc) is 2.54. The van der Waals surface area contributed by atoms with E-state index in [0.29, 0.717) is 6.61 Å². The summed E-state index contributed by atoms with van der Waals surface area (Å²) in [5.74, 6) is 1.54. The Bertz CT molecular complexity index is 445. The van der Waals surface area contributed by atoms with Gasteiger partial charge in [0.2, 0.25) is 0 Å². The molecule has 2 rings (SSSR count). The molecule has 0 radical (unpaired) electrons. The number of piperazine rings is 1. The molecule has 118 valence electrons. The van der Waals surface area contributed by atoms with E-state index < -0.39 is 0 Å². The predicted molar refractivity (Wildman–Crippen MR) is 83.3 cm³/mol. The fourth-order valence-electron chi connectivity index (χ4n) is 2.70. The second-order valence-corrected chi connectivity index (χ2v) is 5.25. The molecule has 1 aromatic rings. The van der Waals surface area contributed by atoms with Gasteiger partial charge in [-0.1, -0.05) is 0 Å². The van der Waals surface area contributed by atoms with Crippen LogP contribution >= 0.6 is 0 Å². The van der Waals surface area contributed by atoms with E-state index in [1.54, 1.807) is 21.3 Å². The van der Waals surface area contributed by atoms with Crippen molar-refractivity contribution >= 4 is 0 Å². The van der Waals surface area contributed by atoms with Gasteiger partial charge in [0.05, 0.1) is 20.8 Å². The Morgan fingerprint density at radius 3 is 2.19 bits per heavy atom. The van der Waals surface area contributed by atoms with E-state index >= 15 is 0 Å². The minimum Gasteiger partial charge on any atom is -0.493 e. The summed E-state index contributed by atoms with van der Waals surface area (Å²) in [6.07, 6.45) is 0.999. The molecule has 0 atom stereocenters. The van der Waals surface area contributed by atoms with E-state index in [1.165, 1.54) is 11.1 Å². The number of ether oxygens (including phenoxy) is 3. The lowest BCUT2D eigenvalue weighted by molar-refractivity contribution is 0.183. The summed E-state index contributed by atoms with van der Waals surface area (Å²) < 4.78 is 16.1. The summed E-state index contributed by atoms with van der Waals surface area (Å²) in [5.41, 5.74) is 2.44. The van der Waals surface area contributed by atoms with E-state index in [9.17, 15) is 0 Å². The fraction of sp³-hybridized carbons (Fsp3) is 0.625. The van der Waals surface area contributed by atoms with Crippen LogP contribution in [0.15, 0.2) is 12.1 Å². The molecule has 1 aromatic carbocycles. The normalized spacial score (nSPS) is 16.0. The van der Waals surface area contributed by atoms with Crippen LogP contribution in [0.2, 0.25) is 0 Å². The highest BCUT2D eigenvalue weighted by Crippen LogP contribution is 2.31. The van der Waals surface area contributed by atoms with Gasteiger partial charge in [-0.2, -0.15) is 0 Å². The van der Waals surface area contributed by atoms with Crippen molar-refractivity contribution in [1.29, 1.82) is 0 Å². The van der Waals surface area contributed by atoms with Crippen LogP contribution in [0.5, 0.6) is 11.5 Å². The van der Waals surface area contributed by atoms with Gasteiger partial charge in [0.15, 0.2) is 11.5 Å². The van der Waals surface area contributed by atoms with E-state index in [4.69, 9.17) is 14.2 Å². The summed E-state index contributed by atoms with van der Waals surface area (Å²) in [6.45, 7) is 6.05. The van der Waals surface area contributed by atoms with Crippen molar-refractivity contribution in [2.75, 3.05) is 54.1 Å². The Kier molecular flexibility index (Phi) is 6.29. The van der Waals surface area contributed by atoms with Crippen molar-refractivity contribution in [1.82, 2.24) is 10.2 Å². The van der Waals surface area contributed by atoms with Crippen LogP contribution in [0.3, 0.4) is 0 Å². The summed E-state index contributed by atoms with van der Waals surface area (Å²) in [6, 6.07) is 4.10. The summed E-state index contributed by atoms with van der Waals surface area (Å²) in [5, 5.41) is 3.38. The molecule has 5 heteroatoms. The maximum atomic E-state index is 5.41. The maximum Gasteiger partial charge on any atom is 0.161 e. The van der Waals surface area contributed by atoms with Gasteiger partial charge in [0.1, 0.15) is 0 Å². The quantitative estimate of drug-likeness (QED) is 0.821. The molecule has 0 spiro atoms. The topological polar surface area (TPSA) is 43.0 Å². The van der Waals surface area contributed by atoms with Gasteiger partial charge in [-0.3, -0.25) is 0 Å². The van der Waals surface area contributed by atoms with Crippen LogP contribution < -0.4 is 14.8 Å². The number of rotatable bonds is 7. The largest absolute Gasteiger partial charge is 0.493 e. The minimum absolute atomic E-state index is 0.594. The first-order valence-electron chi connectivity index (χ1n) is 7.44. The molecular formula is C16H26N2O3. The first-order chi connectivity index (χ1) is 10.3. The van der Waals surface area contributed by atoms with Crippen LogP contribution in [0.4, 0.5) is 0 Å². The molecule has 0 aromatic heterocycles. The highest BCUT2D eigenvalue weighted by molar-refractivity contribution is 5.47. The summed E-state index contributed by atoms with van der Waals surface area (Å²) in [7, 11) is 5.06. The molecule has 0 unspecified atom stereocenters. The molecule has 1 fully saturated rings. The Morgan fingerprint density at radius 2 is 1.62 bits per heavy atom. The third kappa shape index (κ3) is 4.33. The molecule has 1 saturated heterocycles. The Hall–Kier alpha value is -1.30. The lowest BCUT2D eigenvalue weighted by Gasteiger charge is -2.27. The van der Waals surface area contributed by atoms with Crippen LogP contribution in [0.1, 0.15) is 11.1 Å². The molecule has 0 aliphatic carbocycles. The Morgan fingerprint density at radius 1 is 1.00 bits per heavy atom. The van der Waals surface area contributed by atoms with Gasteiger partial charge < -0.3 is 24.4 Å². The number of hydrogen-bond donors (Lipinski definition) is 1. The fourth-order valence-corrected chi connectivity index (χ4v) is 2.70. The number of benzene rings is 1. The van der Waals surface area contributed by atoms with Gasteiger partial charge >= 0.3 is 0 Å². The standard InChI is InChI=1S/C16H26N2O3/c1-19-12-14-11-16(21-3)15(20-2)10-13(14)4-7-18-8-5-17-6-9-18/h10-11,17H,4-9,12H2,1-3H3. The molecule has 1 heterocycles. The third-order valence-corrected chi connectivity index (χ3v) is 3.91. The maximum absolute atomic E-state index is 5.41. The zero-order valence-electron chi connectivity index (χ0n) is 13.3. The smallest absolute Gasteiger partial charge is 0.161 e. The molecule has 5 nitrogen and oxygen atoms in total. The first-order valence-corrected chi connectivity index (χ1v) is 7.44. The number of methoxy groups -OCH3 is 3. The zero-order valence-corrected chi connectivity index (χ0v) is 13.3. The number of nitrogens with zero attached hydrogens (tertiary/aromatic N) is 1. The Balaban J connectivity index is 2.11. The van der Waals surface area contributed by atoms with E-state index in [1.807, 2.05) is 6.07 Å². The molecule has 1 aliphatic rings. The summed E-state index contributed by atoms with van der Waals surface area (Å²) >= 11 is 0. The molecule has 1 aliphatic heterocycles. The van der Waals surface area contributed by atoms with Crippen molar-refractivity contribution in [2.45, 2.75) is 13.0 Å². The summed E-state index contributed by atoms with van der Waals surface area (Å²) in [4.78, 5) is 2.49.